The van der Waals surface area contributed by atoms with Crippen LogP contribution in [0.15, 0.2) is 22.6 Å². The summed E-state index contributed by atoms with van der Waals surface area (Å²) >= 11 is 0. The van der Waals surface area contributed by atoms with E-state index in [0.717, 1.165) is 41.8 Å². The van der Waals surface area contributed by atoms with Gasteiger partial charge in [-0.2, -0.15) is 0 Å². The molecule has 0 N–H and O–H groups in total. The summed E-state index contributed by atoms with van der Waals surface area (Å²) in [4.78, 5) is 14.6. The summed E-state index contributed by atoms with van der Waals surface area (Å²) in [6.45, 7) is 5.77. The van der Waals surface area contributed by atoms with Gasteiger partial charge >= 0.3 is 0 Å². The normalized spacial score (nSPS) is 19.0. The minimum atomic E-state index is 0.00853. The number of methoxy groups -OCH3 is 1. The molecule has 1 fully saturated rings. The molecule has 4 nitrogen and oxygen atoms in total. The molecule has 4 heteroatoms. The van der Waals surface area contributed by atoms with Crippen molar-refractivity contribution in [3.8, 4) is 5.75 Å². The van der Waals surface area contributed by atoms with Gasteiger partial charge in [-0.25, -0.2) is 0 Å². The molecule has 0 aliphatic carbocycles. The first-order chi connectivity index (χ1) is 10.1. The van der Waals surface area contributed by atoms with Crippen molar-refractivity contribution in [3.63, 3.8) is 0 Å². The molecule has 0 bridgehead atoms. The zero-order valence-electron chi connectivity index (χ0n) is 12.8. The summed E-state index contributed by atoms with van der Waals surface area (Å²) in [7, 11) is 1.64. The largest absolute Gasteiger partial charge is 0.497 e. The molecular formula is C17H21NO3. The fourth-order valence-electron chi connectivity index (χ4n) is 3.05. The van der Waals surface area contributed by atoms with Gasteiger partial charge < -0.3 is 14.1 Å². The number of likely N-dealkylation sites (tertiary alicyclic amines) is 1. The van der Waals surface area contributed by atoms with E-state index in [1.165, 1.54) is 6.42 Å². The SMILES string of the molecule is COc1ccc2oc(C(=O)N3CCC[C@H](C)C3)c(C)c2c1. The molecule has 2 heterocycles. The summed E-state index contributed by atoms with van der Waals surface area (Å²) < 4.78 is 11.0. The molecule has 1 aliphatic rings. The van der Waals surface area contributed by atoms with Gasteiger partial charge in [0.15, 0.2) is 5.76 Å². The van der Waals surface area contributed by atoms with Gasteiger partial charge in [0.25, 0.3) is 5.91 Å². The molecule has 0 unspecified atom stereocenters. The summed E-state index contributed by atoms with van der Waals surface area (Å²) in [5.41, 5.74) is 1.63. The van der Waals surface area contributed by atoms with Crippen LogP contribution in [0.2, 0.25) is 0 Å². The van der Waals surface area contributed by atoms with Crippen LogP contribution in [0.3, 0.4) is 0 Å². The second-order valence-corrected chi connectivity index (χ2v) is 5.92. The van der Waals surface area contributed by atoms with Gasteiger partial charge in [-0.3, -0.25) is 4.79 Å². The number of nitrogens with zero attached hydrogens (tertiary/aromatic N) is 1. The van der Waals surface area contributed by atoms with Gasteiger partial charge in [0, 0.05) is 24.0 Å². The number of carbonyl (C=O) groups is 1. The number of hydrogen-bond acceptors (Lipinski definition) is 3. The lowest BCUT2D eigenvalue weighted by Crippen LogP contribution is -2.39. The average molecular weight is 287 g/mol. The number of ether oxygens (including phenoxy) is 1. The summed E-state index contributed by atoms with van der Waals surface area (Å²) in [6.07, 6.45) is 2.26. The Morgan fingerprint density at radius 2 is 2.24 bits per heavy atom. The molecule has 1 aliphatic heterocycles. The molecular weight excluding hydrogens is 266 g/mol. The van der Waals surface area contributed by atoms with E-state index in [9.17, 15) is 4.79 Å². The van der Waals surface area contributed by atoms with Crippen molar-refractivity contribution in [2.24, 2.45) is 5.92 Å². The van der Waals surface area contributed by atoms with Gasteiger partial charge in [0.05, 0.1) is 7.11 Å². The van der Waals surface area contributed by atoms with Crippen LogP contribution in [0, 0.1) is 12.8 Å². The van der Waals surface area contributed by atoms with E-state index >= 15 is 0 Å². The molecule has 0 saturated carbocycles. The van der Waals surface area contributed by atoms with Crippen molar-refractivity contribution in [2.45, 2.75) is 26.7 Å². The third-order valence-electron chi connectivity index (χ3n) is 4.28. The van der Waals surface area contributed by atoms with Crippen molar-refractivity contribution in [3.05, 3.63) is 29.5 Å². The highest BCUT2D eigenvalue weighted by atomic mass is 16.5. The minimum absolute atomic E-state index is 0.00853. The Kier molecular flexibility index (Phi) is 3.62. The maximum Gasteiger partial charge on any atom is 0.289 e. The van der Waals surface area contributed by atoms with E-state index in [-0.39, 0.29) is 5.91 Å². The predicted molar refractivity (Wildman–Crippen MR) is 81.8 cm³/mol. The van der Waals surface area contributed by atoms with Crippen LogP contribution in [0.5, 0.6) is 5.75 Å². The molecule has 0 spiro atoms. The molecule has 21 heavy (non-hydrogen) atoms. The number of carbonyl (C=O) groups excluding carboxylic acids is 1. The smallest absolute Gasteiger partial charge is 0.289 e. The zero-order valence-corrected chi connectivity index (χ0v) is 12.8. The van der Waals surface area contributed by atoms with Gasteiger partial charge in [0.2, 0.25) is 0 Å². The number of piperidine rings is 1. The molecule has 1 aromatic heterocycles. The van der Waals surface area contributed by atoms with Crippen LogP contribution < -0.4 is 4.74 Å². The molecule has 2 aromatic rings. The lowest BCUT2D eigenvalue weighted by molar-refractivity contribution is 0.0652. The number of fused-ring (bicyclic) bond motifs is 1. The van der Waals surface area contributed by atoms with Crippen LogP contribution in [0.4, 0.5) is 0 Å². The maximum atomic E-state index is 12.7. The van der Waals surface area contributed by atoms with E-state index in [0.29, 0.717) is 11.7 Å². The van der Waals surface area contributed by atoms with E-state index in [2.05, 4.69) is 6.92 Å². The summed E-state index contributed by atoms with van der Waals surface area (Å²) in [5, 5.41) is 0.947. The Morgan fingerprint density at radius 3 is 2.95 bits per heavy atom. The van der Waals surface area contributed by atoms with E-state index in [4.69, 9.17) is 9.15 Å². The maximum absolute atomic E-state index is 12.7. The van der Waals surface area contributed by atoms with Crippen LogP contribution in [0.1, 0.15) is 35.9 Å². The highest BCUT2D eigenvalue weighted by Crippen LogP contribution is 2.30. The molecule has 0 radical (unpaired) electrons. The monoisotopic (exact) mass is 287 g/mol. The van der Waals surface area contributed by atoms with Crippen molar-refractivity contribution in [2.75, 3.05) is 20.2 Å². The first-order valence-corrected chi connectivity index (χ1v) is 7.46. The number of rotatable bonds is 2. The number of aryl methyl sites for hydroxylation is 1. The van der Waals surface area contributed by atoms with Gasteiger partial charge in [-0.15, -0.1) is 0 Å². The lowest BCUT2D eigenvalue weighted by atomic mass is 10.00. The first-order valence-electron chi connectivity index (χ1n) is 7.46. The highest BCUT2D eigenvalue weighted by molar-refractivity contribution is 5.99. The average Bonchev–Trinajstić information content (AvgIpc) is 2.83. The highest BCUT2D eigenvalue weighted by Gasteiger charge is 2.26. The number of benzene rings is 1. The van der Waals surface area contributed by atoms with Crippen molar-refractivity contribution >= 4 is 16.9 Å². The molecule has 1 saturated heterocycles. The quantitative estimate of drug-likeness (QED) is 0.847. The molecule has 112 valence electrons. The van der Waals surface area contributed by atoms with E-state index < -0.39 is 0 Å². The summed E-state index contributed by atoms with van der Waals surface area (Å²) in [5.74, 6) is 1.81. The fourth-order valence-corrected chi connectivity index (χ4v) is 3.05. The number of amides is 1. The molecule has 3 rings (SSSR count). The van der Waals surface area contributed by atoms with Crippen LogP contribution in [0.25, 0.3) is 11.0 Å². The predicted octanol–water partition coefficient (Wildman–Crippen LogP) is 3.62. The van der Waals surface area contributed by atoms with Crippen molar-refractivity contribution in [1.82, 2.24) is 4.90 Å². The molecule has 1 aromatic carbocycles. The van der Waals surface area contributed by atoms with E-state index in [1.54, 1.807) is 7.11 Å². The Labute approximate surface area is 124 Å². The van der Waals surface area contributed by atoms with E-state index in [1.807, 2.05) is 30.0 Å². The topological polar surface area (TPSA) is 42.7 Å². The van der Waals surface area contributed by atoms with Gasteiger partial charge in [-0.1, -0.05) is 6.92 Å². The third-order valence-corrected chi connectivity index (χ3v) is 4.28. The van der Waals surface area contributed by atoms with Crippen LogP contribution in [-0.2, 0) is 0 Å². The summed E-state index contributed by atoms with van der Waals surface area (Å²) in [6, 6.07) is 5.63. The Bertz CT molecular complexity index is 674. The first kappa shape index (κ1) is 14.0. The number of furan rings is 1. The zero-order chi connectivity index (χ0) is 15.0. The van der Waals surface area contributed by atoms with Crippen molar-refractivity contribution < 1.29 is 13.9 Å². The molecule has 1 amide bonds. The van der Waals surface area contributed by atoms with Crippen molar-refractivity contribution in [1.29, 1.82) is 0 Å². The Hall–Kier alpha value is -1.97. The van der Waals surface area contributed by atoms with Crippen LogP contribution >= 0.6 is 0 Å². The Balaban J connectivity index is 1.96. The molecule has 1 atom stereocenters. The second-order valence-electron chi connectivity index (χ2n) is 5.92. The standard InChI is InChI=1S/C17H21NO3/c1-11-5-4-8-18(10-11)17(19)16-12(2)14-9-13(20-3)6-7-15(14)21-16/h6-7,9,11H,4-5,8,10H2,1-3H3/t11-/m0/s1. The van der Waals surface area contributed by atoms with Crippen LogP contribution in [-0.4, -0.2) is 31.0 Å². The van der Waals surface area contributed by atoms with Gasteiger partial charge in [0.1, 0.15) is 11.3 Å². The number of hydrogen-bond donors (Lipinski definition) is 0. The second kappa shape index (κ2) is 5.43. The lowest BCUT2D eigenvalue weighted by Gasteiger charge is -2.30. The fraction of sp³-hybridized carbons (Fsp3) is 0.471. The minimum Gasteiger partial charge on any atom is -0.497 e. The van der Waals surface area contributed by atoms with Gasteiger partial charge in [-0.05, 0) is 43.9 Å². The Morgan fingerprint density at radius 1 is 1.43 bits per heavy atom. The third kappa shape index (κ3) is 2.50.